The minimum atomic E-state index is -0.0280. The third-order valence-corrected chi connectivity index (χ3v) is 4.75. The number of aromatic nitrogens is 1. The molecule has 1 aliphatic rings. The Labute approximate surface area is 147 Å². The highest BCUT2D eigenvalue weighted by atomic mass is 32.2. The third kappa shape index (κ3) is 4.74. The molecule has 0 atom stereocenters. The lowest BCUT2D eigenvalue weighted by Gasteiger charge is -2.09. The van der Waals surface area contributed by atoms with Crippen LogP contribution in [0, 0.1) is 13.8 Å². The van der Waals surface area contributed by atoms with Crippen LogP contribution in [-0.4, -0.2) is 29.3 Å². The molecular formula is C19H22N2O2S. The van der Waals surface area contributed by atoms with E-state index in [9.17, 15) is 4.79 Å². The molecule has 0 aliphatic heterocycles. The Morgan fingerprint density at radius 1 is 1.29 bits per heavy atom. The highest BCUT2D eigenvalue weighted by Crippen LogP contribution is 2.21. The van der Waals surface area contributed by atoms with Crippen LogP contribution in [-0.2, 0) is 0 Å². The highest BCUT2D eigenvalue weighted by Gasteiger charge is 2.23. The van der Waals surface area contributed by atoms with Crippen LogP contribution >= 0.6 is 11.8 Å². The van der Waals surface area contributed by atoms with E-state index in [0.717, 1.165) is 34.9 Å². The standard InChI is InChI=1S/C19H22N2O2S/c1-13-3-4-14(2)17(11-13)23-9-10-24-18-8-5-15(12-20-18)19(22)21-16-6-7-16/h3-5,8,11-12,16H,6-7,9-10H2,1-2H3,(H,21,22). The van der Waals surface area contributed by atoms with E-state index >= 15 is 0 Å². The SMILES string of the molecule is Cc1ccc(C)c(OCCSc2ccc(C(=O)NC3CC3)cn2)c1. The molecule has 1 aromatic heterocycles. The predicted octanol–water partition coefficient (Wildman–Crippen LogP) is 3.76. The fourth-order valence-electron chi connectivity index (χ4n) is 2.26. The molecule has 0 unspecified atom stereocenters. The lowest BCUT2D eigenvalue weighted by atomic mass is 10.1. The van der Waals surface area contributed by atoms with Gasteiger partial charge in [0.15, 0.2) is 0 Å². The van der Waals surface area contributed by atoms with Crippen molar-refractivity contribution >= 4 is 17.7 Å². The van der Waals surface area contributed by atoms with Gasteiger partial charge in [-0.25, -0.2) is 4.98 Å². The van der Waals surface area contributed by atoms with E-state index in [1.54, 1.807) is 18.0 Å². The molecular weight excluding hydrogens is 320 g/mol. The molecule has 2 aromatic rings. The van der Waals surface area contributed by atoms with Gasteiger partial charge >= 0.3 is 0 Å². The van der Waals surface area contributed by atoms with E-state index in [-0.39, 0.29) is 5.91 Å². The first kappa shape index (κ1) is 16.8. The number of ether oxygens (including phenoxy) is 1. The average Bonchev–Trinajstić information content (AvgIpc) is 3.39. The number of rotatable bonds is 7. The van der Waals surface area contributed by atoms with Crippen molar-refractivity contribution in [2.24, 2.45) is 0 Å². The zero-order chi connectivity index (χ0) is 16.9. The lowest BCUT2D eigenvalue weighted by Crippen LogP contribution is -2.25. The van der Waals surface area contributed by atoms with Crippen molar-refractivity contribution in [3.63, 3.8) is 0 Å². The minimum absolute atomic E-state index is 0.0280. The summed E-state index contributed by atoms with van der Waals surface area (Å²) in [6, 6.07) is 10.3. The summed E-state index contributed by atoms with van der Waals surface area (Å²) in [5, 5.41) is 3.87. The van der Waals surface area contributed by atoms with Crippen molar-refractivity contribution < 1.29 is 9.53 Å². The fourth-order valence-corrected chi connectivity index (χ4v) is 2.92. The number of pyridine rings is 1. The molecule has 24 heavy (non-hydrogen) atoms. The smallest absolute Gasteiger partial charge is 0.253 e. The molecule has 1 saturated carbocycles. The summed E-state index contributed by atoms with van der Waals surface area (Å²) in [5.74, 6) is 1.73. The number of hydrogen-bond acceptors (Lipinski definition) is 4. The number of nitrogens with one attached hydrogen (secondary N) is 1. The summed E-state index contributed by atoms with van der Waals surface area (Å²) in [6.45, 7) is 4.74. The van der Waals surface area contributed by atoms with Crippen molar-refractivity contribution in [2.75, 3.05) is 12.4 Å². The zero-order valence-corrected chi connectivity index (χ0v) is 14.9. The van der Waals surface area contributed by atoms with Crippen LogP contribution in [0.5, 0.6) is 5.75 Å². The van der Waals surface area contributed by atoms with Crippen LogP contribution < -0.4 is 10.1 Å². The largest absolute Gasteiger partial charge is 0.492 e. The van der Waals surface area contributed by atoms with Crippen molar-refractivity contribution in [1.82, 2.24) is 10.3 Å². The Kier molecular flexibility index (Phi) is 5.41. The van der Waals surface area contributed by atoms with Crippen molar-refractivity contribution in [3.8, 4) is 5.75 Å². The van der Waals surface area contributed by atoms with Gasteiger partial charge in [-0.3, -0.25) is 4.79 Å². The molecule has 1 heterocycles. The second-order valence-electron chi connectivity index (χ2n) is 6.10. The summed E-state index contributed by atoms with van der Waals surface area (Å²) >= 11 is 1.63. The second kappa shape index (κ2) is 7.71. The van der Waals surface area contributed by atoms with Crippen LogP contribution in [0.2, 0.25) is 0 Å². The summed E-state index contributed by atoms with van der Waals surface area (Å²) in [6.07, 6.45) is 3.83. The molecule has 0 saturated heterocycles. The van der Waals surface area contributed by atoms with Gasteiger partial charge in [-0.15, -0.1) is 11.8 Å². The van der Waals surface area contributed by atoms with Gasteiger partial charge in [-0.05, 0) is 56.0 Å². The molecule has 1 fully saturated rings. The molecule has 1 N–H and O–H groups in total. The minimum Gasteiger partial charge on any atom is -0.492 e. The molecule has 0 radical (unpaired) electrons. The summed E-state index contributed by atoms with van der Waals surface area (Å²) < 4.78 is 5.84. The van der Waals surface area contributed by atoms with Gasteiger partial charge in [0.1, 0.15) is 5.75 Å². The first-order valence-corrected chi connectivity index (χ1v) is 9.20. The average molecular weight is 342 g/mol. The monoisotopic (exact) mass is 342 g/mol. The van der Waals surface area contributed by atoms with Crippen molar-refractivity contribution in [3.05, 3.63) is 53.2 Å². The molecule has 126 valence electrons. The molecule has 1 amide bonds. The van der Waals surface area contributed by atoms with E-state index < -0.39 is 0 Å². The number of benzene rings is 1. The summed E-state index contributed by atoms with van der Waals surface area (Å²) in [5.41, 5.74) is 2.97. The Balaban J connectivity index is 1.44. The van der Waals surface area contributed by atoms with Gasteiger partial charge < -0.3 is 10.1 Å². The van der Waals surface area contributed by atoms with Crippen LogP contribution in [0.4, 0.5) is 0 Å². The molecule has 1 aromatic carbocycles. The predicted molar refractivity (Wildman–Crippen MR) is 96.9 cm³/mol. The highest BCUT2D eigenvalue weighted by molar-refractivity contribution is 7.99. The Bertz CT molecular complexity index is 712. The van der Waals surface area contributed by atoms with E-state index in [2.05, 4.69) is 42.3 Å². The number of nitrogens with zero attached hydrogens (tertiary/aromatic N) is 1. The van der Waals surface area contributed by atoms with Gasteiger partial charge in [0, 0.05) is 18.0 Å². The van der Waals surface area contributed by atoms with Crippen LogP contribution in [0.1, 0.15) is 34.3 Å². The maximum atomic E-state index is 11.9. The van der Waals surface area contributed by atoms with E-state index in [4.69, 9.17) is 4.74 Å². The van der Waals surface area contributed by atoms with Crippen LogP contribution in [0.3, 0.4) is 0 Å². The van der Waals surface area contributed by atoms with Crippen LogP contribution in [0.25, 0.3) is 0 Å². The maximum Gasteiger partial charge on any atom is 0.253 e. The van der Waals surface area contributed by atoms with Crippen LogP contribution in [0.15, 0.2) is 41.6 Å². The van der Waals surface area contributed by atoms with E-state index in [1.165, 1.54) is 5.56 Å². The number of amides is 1. The van der Waals surface area contributed by atoms with Gasteiger partial charge in [-0.1, -0.05) is 12.1 Å². The number of carbonyl (C=O) groups excluding carboxylic acids is 1. The van der Waals surface area contributed by atoms with Gasteiger partial charge in [-0.2, -0.15) is 0 Å². The summed E-state index contributed by atoms with van der Waals surface area (Å²) in [4.78, 5) is 16.3. The molecule has 3 rings (SSSR count). The quantitative estimate of drug-likeness (QED) is 0.615. The molecule has 4 nitrogen and oxygen atoms in total. The number of hydrogen-bond donors (Lipinski definition) is 1. The lowest BCUT2D eigenvalue weighted by molar-refractivity contribution is 0.0950. The third-order valence-electron chi connectivity index (χ3n) is 3.85. The maximum absolute atomic E-state index is 11.9. The molecule has 0 spiro atoms. The van der Waals surface area contributed by atoms with Gasteiger partial charge in [0.05, 0.1) is 17.2 Å². The van der Waals surface area contributed by atoms with Gasteiger partial charge in [0.25, 0.3) is 5.91 Å². The van der Waals surface area contributed by atoms with E-state index in [1.807, 2.05) is 12.1 Å². The number of thioether (sulfide) groups is 1. The fraction of sp³-hybridized carbons (Fsp3) is 0.368. The normalized spacial score (nSPS) is 13.6. The Morgan fingerprint density at radius 3 is 2.83 bits per heavy atom. The Hall–Kier alpha value is -2.01. The second-order valence-corrected chi connectivity index (χ2v) is 7.21. The first-order valence-electron chi connectivity index (χ1n) is 8.21. The molecule has 5 heteroatoms. The number of carbonyl (C=O) groups is 1. The number of aryl methyl sites for hydroxylation is 2. The topological polar surface area (TPSA) is 51.2 Å². The van der Waals surface area contributed by atoms with Crippen molar-refractivity contribution in [2.45, 2.75) is 37.8 Å². The Morgan fingerprint density at radius 2 is 2.12 bits per heavy atom. The molecule has 0 bridgehead atoms. The first-order chi connectivity index (χ1) is 11.6. The van der Waals surface area contributed by atoms with E-state index in [0.29, 0.717) is 18.2 Å². The zero-order valence-electron chi connectivity index (χ0n) is 14.0. The molecule has 1 aliphatic carbocycles. The van der Waals surface area contributed by atoms with Gasteiger partial charge in [0.2, 0.25) is 0 Å². The summed E-state index contributed by atoms with van der Waals surface area (Å²) in [7, 11) is 0. The van der Waals surface area contributed by atoms with Crippen molar-refractivity contribution in [1.29, 1.82) is 0 Å².